The van der Waals surface area contributed by atoms with E-state index in [0.29, 0.717) is 5.84 Å². The van der Waals surface area contributed by atoms with Crippen LogP contribution in [0.5, 0.6) is 0 Å². The second-order valence-corrected chi connectivity index (χ2v) is 16.0. The van der Waals surface area contributed by atoms with Crippen molar-refractivity contribution in [1.29, 1.82) is 0 Å². The largest absolute Gasteiger partial charge is 0.366 e. The van der Waals surface area contributed by atoms with E-state index in [1.165, 1.54) is 41.8 Å². The van der Waals surface area contributed by atoms with Crippen molar-refractivity contribution in [1.82, 2.24) is 16.0 Å². The lowest BCUT2D eigenvalue weighted by Gasteiger charge is -2.34. The zero-order valence-electron chi connectivity index (χ0n) is 30.3. The minimum absolute atomic E-state index is 0.121. The number of rotatable bonds is 7. The molecule has 3 atom stereocenters. The van der Waals surface area contributed by atoms with Gasteiger partial charge in [-0.15, -0.1) is 0 Å². The topological polar surface area (TPSA) is 60.8 Å². The zero-order chi connectivity index (χ0) is 37.3. The number of nitrogens with one attached hydrogen (secondary N) is 3. The lowest BCUT2D eigenvalue weighted by atomic mass is 9.90. The molecule has 0 aliphatic carbocycles. The number of nitrogens with zero attached hydrogens (tertiary/aromatic N) is 2. The minimum Gasteiger partial charge on any atom is -0.366 e. The van der Waals surface area contributed by atoms with Crippen molar-refractivity contribution < 1.29 is 0 Å². The van der Waals surface area contributed by atoms with Gasteiger partial charge in [-0.25, -0.2) is 9.98 Å². The third-order valence-corrected chi connectivity index (χ3v) is 12.9. The summed E-state index contributed by atoms with van der Waals surface area (Å²) in [6.45, 7) is 0. The molecule has 0 saturated heterocycles. The number of benzene rings is 7. The Labute approximate surface area is 335 Å². The van der Waals surface area contributed by atoms with Gasteiger partial charge in [0.25, 0.3) is 0 Å². The van der Waals surface area contributed by atoms with Crippen LogP contribution in [0.1, 0.15) is 51.8 Å². The van der Waals surface area contributed by atoms with Crippen molar-refractivity contribution in [3.05, 3.63) is 221 Å². The molecular formula is C49H37N5S2. The summed E-state index contributed by atoms with van der Waals surface area (Å²) in [6.07, 6.45) is 1.92. The summed E-state index contributed by atoms with van der Waals surface area (Å²) in [6, 6.07) is 64.0. The monoisotopic (exact) mass is 759 g/mol. The quantitative estimate of drug-likeness (QED) is 0.151. The number of hydrogen-bond donors (Lipinski definition) is 3. The van der Waals surface area contributed by atoms with E-state index in [2.05, 4.69) is 180 Å². The Bertz CT molecular complexity index is 2630. The summed E-state index contributed by atoms with van der Waals surface area (Å²) < 4.78 is 0. The number of amidine groups is 2. The van der Waals surface area contributed by atoms with Crippen LogP contribution < -0.4 is 16.0 Å². The second-order valence-electron chi connectivity index (χ2n) is 13.9. The van der Waals surface area contributed by atoms with Crippen molar-refractivity contribution in [2.24, 2.45) is 9.98 Å². The molecule has 0 aromatic heterocycles. The van der Waals surface area contributed by atoms with Gasteiger partial charge in [0.2, 0.25) is 0 Å². The van der Waals surface area contributed by atoms with Crippen molar-refractivity contribution in [3.8, 4) is 11.1 Å². The van der Waals surface area contributed by atoms with E-state index in [9.17, 15) is 0 Å². The number of aliphatic imine (C=N–C) groups is 2. The molecule has 56 heavy (non-hydrogen) atoms. The maximum absolute atomic E-state index is 5.21. The van der Waals surface area contributed by atoms with Crippen molar-refractivity contribution in [3.63, 3.8) is 0 Å². The molecule has 3 aliphatic rings. The van der Waals surface area contributed by atoms with Gasteiger partial charge >= 0.3 is 0 Å². The fourth-order valence-electron chi connectivity index (χ4n) is 7.53. The van der Waals surface area contributed by atoms with E-state index in [1.54, 1.807) is 0 Å². The molecule has 3 unspecified atom stereocenters. The summed E-state index contributed by atoms with van der Waals surface area (Å²) in [5.74, 6) is 1.49. The molecule has 10 rings (SSSR count). The Balaban J connectivity index is 1.15. The molecule has 0 amide bonds. The maximum Gasteiger partial charge on any atom is 0.159 e. The number of fused-ring (bicyclic) bond motifs is 2. The predicted octanol–water partition coefficient (Wildman–Crippen LogP) is 11.4. The van der Waals surface area contributed by atoms with Gasteiger partial charge in [0, 0.05) is 36.4 Å². The van der Waals surface area contributed by atoms with Crippen molar-refractivity contribution in [2.45, 2.75) is 38.0 Å². The fourth-order valence-corrected chi connectivity index (χ4v) is 9.93. The van der Waals surface area contributed by atoms with E-state index in [1.807, 2.05) is 47.8 Å². The molecule has 3 N–H and O–H groups in total. The first kappa shape index (κ1) is 34.4. The first-order valence-electron chi connectivity index (χ1n) is 18.8. The first-order valence-corrected chi connectivity index (χ1v) is 20.5. The Morgan fingerprint density at radius 1 is 0.482 bits per heavy atom. The molecular weight excluding hydrogens is 723 g/mol. The normalized spacial score (nSPS) is 18.6. The molecule has 0 radical (unpaired) electrons. The summed E-state index contributed by atoms with van der Waals surface area (Å²) in [4.78, 5) is 15.5. The third kappa shape index (κ3) is 6.86. The highest BCUT2D eigenvalue weighted by Crippen LogP contribution is 2.52. The summed E-state index contributed by atoms with van der Waals surface area (Å²) in [7, 11) is 0. The Morgan fingerprint density at radius 2 is 1.11 bits per heavy atom. The van der Waals surface area contributed by atoms with Crippen LogP contribution in [0.2, 0.25) is 0 Å². The standard InChI is InChI=1S/C49H37N5S2/c1-5-16-32(17-6-1)40-31-41(51-46(50-40)33-18-7-2-8-19-33)39-30-36(28-29-37(39)38-24-15-27-44-45(38)56-43-26-14-13-25-42(43)55-44)49-53-47(34-20-9-3-10-21-34)52-48(54-49)35-22-11-4-12-23-35/h1-31,41,46-47,50-51H,(H,52,53,54). The predicted molar refractivity (Wildman–Crippen MR) is 231 cm³/mol. The molecule has 7 aromatic carbocycles. The average molecular weight is 760 g/mol. The van der Waals surface area contributed by atoms with Crippen LogP contribution in [0, 0.1) is 0 Å². The average Bonchev–Trinajstić information content (AvgIpc) is 3.29. The highest BCUT2D eigenvalue weighted by Gasteiger charge is 2.29. The molecule has 7 heteroatoms. The summed E-state index contributed by atoms with van der Waals surface area (Å²) >= 11 is 3.71. The van der Waals surface area contributed by atoms with Crippen LogP contribution in [0.4, 0.5) is 0 Å². The molecule has 3 aliphatic heterocycles. The fraction of sp³-hybridized carbons (Fsp3) is 0.0612. The Hall–Kier alpha value is -6.12. The van der Waals surface area contributed by atoms with Crippen LogP contribution in [0.3, 0.4) is 0 Å². The third-order valence-electron chi connectivity index (χ3n) is 10.3. The zero-order valence-corrected chi connectivity index (χ0v) is 32.0. The van der Waals surface area contributed by atoms with Gasteiger partial charge in [0.15, 0.2) is 5.84 Å². The van der Waals surface area contributed by atoms with Crippen LogP contribution in [-0.4, -0.2) is 11.7 Å². The molecule has 7 aromatic rings. The molecule has 5 nitrogen and oxygen atoms in total. The van der Waals surface area contributed by atoms with Gasteiger partial charge in [-0.1, -0.05) is 181 Å². The molecule has 0 bridgehead atoms. The van der Waals surface area contributed by atoms with Crippen LogP contribution >= 0.6 is 23.5 Å². The lowest BCUT2D eigenvalue weighted by Crippen LogP contribution is -2.40. The summed E-state index contributed by atoms with van der Waals surface area (Å²) in [5, 5.41) is 11.5. The summed E-state index contributed by atoms with van der Waals surface area (Å²) in [5.41, 5.74) is 10.0. The van der Waals surface area contributed by atoms with Crippen molar-refractivity contribution >= 4 is 40.9 Å². The van der Waals surface area contributed by atoms with Gasteiger partial charge in [-0.2, -0.15) is 0 Å². The van der Waals surface area contributed by atoms with E-state index in [0.717, 1.165) is 33.8 Å². The van der Waals surface area contributed by atoms with Crippen LogP contribution in [-0.2, 0) is 0 Å². The molecule has 0 fully saturated rings. The van der Waals surface area contributed by atoms with E-state index >= 15 is 0 Å². The number of hydrogen-bond acceptors (Lipinski definition) is 7. The van der Waals surface area contributed by atoms with Gasteiger partial charge < -0.3 is 10.6 Å². The van der Waals surface area contributed by atoms with Crippen LogP contribution in [0.15, 0.2) is 218 Å². The van der Waals surface area contributed by atoms with Gasteiger partial charge in [-0.3, -0.25) is 5.32 Å². The van der Waals surface area contributed by atoms with Gasteiger partial charge in [-0.05, 0) is 63.7 Å². The van der Waals surface area contributed by atoms with E-state index in [-0.39, 0.29) is 18.4 Å². The highest BCUT2D eigenvalue weighted by molar-refractivity contribution is 8.05. The Morgan fingerprint density at radius 3 is 1.84 bits per heavy atom. The molecule has 3 heterocycles. The molecule has 0 saturated carbocycles. The SMILES string of the molecule is C1=C(c2ccccc2)NC(c2ccccc2)NC1c1cc(C2=NC(c3ccccc3)=NC(c3ccccc3)N2)ccc1-c1cccc2c1Sc1ccccc1S2. The lowest BCUT2D eigenvalue weighted by molar-refractivity contribution is 0.443. The second kappa shape index (κ2) is 15.2. The molecule has 270 valence electrons. The van der Waals surface area contributed by atoms with E-state index in [4.69, 9.17) is 9.98 Å². The van der Waals surface area contributed by atoms with Crippen LogP contribution in [0.25, 0.3) is 16.8 Å². The smallest absolute Gasteiger partial charge is 0.159 e. The maximum atomic E-state index is 5.21. The first-order chi connectivity index (χ1) is 27.7. The van der Waals surface area contributed by atoms with Crippen molar-refractivity contribution in [2.75, 3.05) is 0 Å². The van der Waals surface area contributed by atoms with Gasteiger partial charge in [0.05, 0.1) is 6.04 Å². The Kier molecular flexibility index (Phi) is 9.33. The minimum atomic E-state index is -0.291. The van der Waals surface area contributed by atoms with Gasteiger partial charge in [0.1, 0.15) is 18.2 Å². The van der Waals surface area contributed by atoms with E-state index < -0.39 is 0 Å². The molecule has 0 spiro atoms. The highest BCUT2D eigenvalue weighted by atomic mass is 32.2.